The van der Waals surface area contributed by atoms with E-state index in [4.69, 9.17) is 12.2 Å². The maximum absolute atomic E-state index is 13.8. The van der Waals surface area contributed by atoms with Gasteiger partial charge in [0.2, 0.25) is 0 Å². The second-order valence-electron chi connectivity index (χ2n) is 4.13. The highest BCUT2D eigenvalue weighted by molar-refractivity contribution is 9.10. The van der Waals surface area contributed by atoms with E-state index in [0.29, 0.717) is 12.1 Å². The van der Waals surface area contributed by atoms with Crippen molar-refractivity contribution >= 4 is 15.9 Å². The van der Waals surface area contributed by atoms with Gasteiger partial charge in [0.1, 0.15) is 5.82 Å². The van der Waals surface area contributed by atoms with Crippen molar-refractivity contribution in [2.75, 3.05) is 6.54 Å². The lowest BCUT2D eigenvalue weighted by Gasteiger charge is -2.22. The second-order valence-corrected chi connectivity index (χ2v) is 5.04. The molecule has 4 heteroatoms. The summed E-state index contributed by atoms with van der Waals surface area (Å²) in [5, 5.41) is 3.22. The summed E-state index contributed by atoms with van der Waals surface area (Å²) >= 11 is 3.33. The maximum Gasteiger partial charge on any atom is 0.128 e. The van der Waals surface area contributed by atoms with Gasteiger partial charge in [-0.3, -0.25) is 5.32 Å². The van der Waals surface area contributed by atoms with Gasteiger partial charge >= 0.3 is 0 Å². The van der Waals surface area contributed by atoms with Crippen molar-refractivity contribution in [3.63, 3.8) is 0 Å². The van der Waals surface area contributed by atoms with Crippen LogP contribution in [0.4, 0.5) is 4.39 Å². The minimum absolute atomic E-state index is 0.0815. The number of benzene rings is 1. The molecular formula is C14H18BrFN2. The summed E-state index contributed by atoms with van der Waals surface area (Å²) in [4.78, 5) is 0. The summed E-state index contributed by atoms with van der Waals surface area (Å²) in [6.07, 6.45) is 7.27. The highest BCUT2D eigenvalue weighted by Gasteiger charge is 2.17. The number of terminal acetylenes is 1. The van der Waals surface area contributed by atoms with E-state index in [-0.39, 0.29) is 17.9 Å². The molecular weight excluding hydrogens is 295 g/mol. The van der Waals surface area contributed by atoms with E-state index in [1.165, 1.54) is 6.07 Å². The molecule has 0 aliphatic heterocycles. The first kappa shape index (κ1) is 15.2. The molecule has 18 heavy (non-hydrogen) atoms. The van der Waals surface area contributed by atoms with Gasteiger partial charge in [-0.05, 0) is 24.6 Å². The summed E-state index contributed by atoms with van der Waals surface area (Å²) in [5.74, 6) is 2.40. The van der Waals surface area contributed by atoms with Gasteiger partial charge in [-0.25, -0.2) is 4.39 Å². The average molecular weight is 313 g/mol. The van der Waals surface area contributed by atoms with Crippen LogP contribution in [-0.4, -0.2) is 12.6 Å². The Morgan fingerprint density at radius 3 is 2.83 bits per heavy atom. The highest BCUT2D eigenvalue weighted by atomic mass is 79.9. The molecule has 98 valence electrons. The molecule has 1 aromatic carbocycles. The molecule has 0 radical (unpaired) electrons. The third-order valence-electron chi connectivity index (χ3n) is 2.75. The van der Waals surface area contributed by atoms with Gasteiger partial charge in [-0.2, -0.15) is 0 Å². The first-order valence-electron chi connectivity index (χ1n) is 5.99. The van der Waals surface area contributed by atoms with Crippen LogP contribution in [0.2, 0.25) is 0 Å². The highest BCUT2D eigenvalue weighted by Crippen LogP contribution is 2.22. The first-order valence-corrected chi connectivity index (χ1v) is 6.78. The number of hydrogen-bond donors (Lipinski definition) is 2. The third-order valence-corrected chi connectivity index (χ3v) is 3.24. The van der Waals surface area contributed by atoms with E-state index < -0.39 is 0 Å². The molecule has 3 N–H and O–H groups in total. The van der Waals surface area contributed by atoms with Crippen LogP contribution in [0.25, 0.3) is 0 Å². The summed E-state index contributed by atoms with van der Waals surface area (Å²) in [5.41, 5.74) is 6.25. The summed E-state index contributed by atoms with van der Waals surface area (Å²) in [7, 11) is 0. The van der Waals surface area contributed by atoms with Crippen molar-refractivity contribution in [3.05, 3.63) is 34.1 Å². The molecule has 1 aromatic rings. The quantitative estimate of drug-likeness (QED) is 0.793. The molecule has 0 fully saturated rings. The zero-order valence-electron chi connectivity index (χ0n) is 10.4. The van der Waals surface area contributed by atoms with Crippen LogP contribution in [0.5, 0.6) is 0 Å². The number of nitrogens with one attached hydrogen (secondary N) is 1. The lowest BCUT2D eigenvalue weighted by molar-refractivity contribution is 0.458. The van der Waals surface area contributed by atoms with Gasteiger partial charge in [-0.1, -0.05) is 35.2 Å². The van der Waals surface area contributed by atoms with E-state index >= 15 is 0 Å². The van der Waals surface area contributed by atoms with Crippen LogP contribution in [0, 0.1) is 18.2 Å². The Bertz CT molecular complexity index is 428. The smallest absolute Gasteiger partial charge is 0.128 e. The molecule has 2 nitrogen and oxygen atoms in total. The normalized spacial score (nSPS) is 13.9. The van der Waals surface area contributed by atoms with Crippen LogP contribution in [-0.2, 0) is 0 Å². The van der Waals surface area contributed by atoms with E-state index in [1.54, 1.807) is 12.1 Å². The molecule has 0 aromatic heterocycles. The van der Waals surface area contributed by atoms with Crippen molar-refractivity contribution in [1.29, 1.82) is 0 Å². The second kappa shape index (κ2) is 7.52. The van der Waals surface area contributed by atoms with Crippen LogP contribution in [0.15, 0.2) is 22.7 Å². The van der Waals surface area contributed by atoms with Gasteiger partial charge in [0, 0.05) is 22.6 Å². The lowest BCUT2D eigenvalue weighted by Crippen LogP contribution is -2.36. The molecule has 0 saturated carbocycles. The number of nitrogens with two attached hydrogens (primary N) is 1. The number of hydrogen-bond acceptors (Lipinski definition) is 2. The molecule has 0 aliphatic carbocycles. The van der Waals surface area contributed by atoms with Crippen molar-refractivity contribution in [2.24, 2.45) is 5.73 Å². The molecule has 1 rings (SSSR count). The molecule has 2 atom stereocenters. The van der Waals surface area contributed by atoms with Crippen molar-refractivity contribution in [2.45, 2.75) is 31.8 Å². The molecule has 0 aliphatic rings. The SMILES string of the molecule is C#CC(CCC)NC(CN)c1cc(Br)ccc1F. The van der Waals surface area contributed by atoms with Gasteiger partial charge in [-0.15, -0.1) is 6.42 Å². The van der Waals surface area contributed by atoms with E-state index in [2.05, 4.69) is 34.1 Å². The van der Waals surface area contributed by atoms with Gasteiger partial charge < -0.3 is 5.73 Å². The summed E-state index contributed by atoms with van der Waals surface area (Å²) in [6, 6.07) is 4.47. The van der Waals surface area contributed by atoms with Crippen LogP contribution >= 0.6 is 15.9 Å². The Morgan fingerprint density at radius 2 is 2.28 bits per heavy atom. The molecule has 0 spiro atoms. The van der Waals surface area contributed by atoms with Gasteiger partial charge in [0.05, 0.1) is 6.04 Å². The Kier molecular flexibility index (Phi) is 6.34. The monoisotopic (exact) mass is 312 g/mol. The van der Waals surface area contributed by atoms with E-state index in [0.717, 1.165) is 17.3 Å². The summed E-state index contributed by atoms with van der Waals surface area (Å²) < 4.78 is 14.6. The minimum Gasteiger partial charge on any atom is -0.329 e. The largest absolute Gasteiger partial charge is 0.329 e. The molecule has 0 bridgehead atoms. The number of halogens is 2. The standard InChI is InChI=1S/C14H18BrFN2/c1-3-5-11(4-2)18-14(9-17)12-8-10(15)6-7-13(12)16/h2,6-8,11,14,18H,3,5,9,17H2,1H3. The fourth-order valence-corrected chi connectivity index (χ4v) is 2.19. The predicted molar refractivity (Wildman–Crippen MR) is 76.6 cm³/mol. The number of rotatable bonds is 6. The van der Waals surface area contributed by atoms with Crippen LogP contribution < -0.4 is 11.1 Å². The lowest BCUT2D eigenvalue weighted by atomic mass is 10.0. The first-order chi connectivity index (χ1) is 8.62. The Morgan fingerprint density at radius 1 is 1.56 bits per heavy atom. The molecule has 0 amide bonds. The van der Waals surface area contributed by atoms with Gasteiger partial charge in [0.25, 0.3) is 0 Å². The average Bonchev–Trinajstić information content (AvgIpc) is 2.37. The van der Waals surface area contributed by atoms with Gasteiger partial charge in [0.15, 0.2) is 0 Å². The topological polar surface area (TPSA) is 38.0 Å². The Labute approximate surface area is 116 Å². The fraction of sp³-hybridized carbons (Fsp3) is 0.429. The van der Waals surface area contributed by atoms with E-state index in [9.17, 15) is 4.39 Å². The van der Waals surface area contributed by atoms with Crippen molar-refractivity contribution < 1.29 is 4.39 Å². The van der Waals surface area contributed by atoms with Crippen molar-refractivity contribution in [3.8, 4) is 12.3 Å². The fourth-order valence-electron chi connectivity index (χ4n) is 1.81. The van der Waals surface area contributed by atoms with Crippen LogP contribution in [0.3, 0.4) is 0 Å². The Hall–Kier alpha value is -0.890. The zero-order valence-corrected chi connectivity index (χ0v) is 12.0. The molecule has 0 saturated heterocycles. The minimum atomic E-state index is -0.270. The van der Waals surface area contributed by atoms with Crippen molar-refractivity contribution in [1.82, 2.24) is 5.32 Å². The molecule has 0 heterocycles. The summed E-state index contributed by atoms with van der Waals surface area (Å²) in [6.45, 7) is 2.36. The third kappa shape index (κ3) is 4.09. The maximum atomic E-state index is 13.8. The Balaban J connectivity index is 2.89. The van der Waals surface area contributed by atoms with Crippen LogP contribution in [0.1, 0.15) is 31.4 Å². The molecule has 2 unspecified atom stereocenters. The van der Waals surface area contributed by atoms with E-state index in [1.807, 2.05) is 0 Å². The zero-order chi connectivity index (χ0) is 13.5. The predicted octanol–water partition coefficient (Wildman–Crippen LogP) is 2.98.